The lowest BCUT2D eigenvalue weighted by molar-refractivity contribution is 0.0915. The van der Waals surface area contributed by atoms with Gasteiger partial charge in [0.1, 0.15) is 0 Å². The zero-order chi connectivity index (χ0) is 17.9. The average molecular weight is 402 g/mol. The van der Waals surface area contributed by atoms with Crippen molar-refractivity contribution >= 4 is 28.3 Å². The molecular formula is C18H28ClN3O3S. The Hall–Kier alpha value is -1.15. The number of nitrogens with two attached hydrogens (primary N) is 1. The zero-order valence-corrected chi connectivity index (χ0v) is 16.4. The number of rotatable bonds is 7. The lowest BCUT2D eigenvalue weighted by Crippen LogP contribution is -2.45. The second kappa shape index (κ2) is 9.17. The molecule has 146 valence electrons. The molecule has 0 aromatic heterocycles. The number of carbonyl (C=O) groups is 1. The molecule has 0 radical (unpaired) electrons. The number of benzene rings is 1. The van der Waals surface area contributed by atoms with Crippen molar-refractivity contribution in [3.63, 3.8) is 0 Å². The van der Waals surface area contributed by atoms with E-state index in [2.05, 4.69) is 10.0 Å². The third-order valence-corrected chi connectivity index (χ3v) is 6.65. The first-order valence-electron chi connectivity index (χ1n) is 9.13. The fourth-order valence-corrected chi connectivity index (χ4v) is 4.74. The van der Waals surface area contributed by atoms with E-state index >= 15 is 0 Å². The van der Waals surface area contributed by atoms with E-state index in [1.54, 1.807) is 12.1 Å². The third-order valence-electron chi connectivity index (χ3n) is 5.12. The van der Waals surface area contributed by atoms with E-state index in [1.165, 1.54) is 31.4 Å². The molecule has 2 aliphatic carbocycles. The number of hydrogen-bond acceptors (Lipinski definition) is 4. The topological polar surface area (TPSA) is 101 Å². The molecule has 3 rings (SSSR count). The first-order valence-corrected chi connectivity index (χ1v) is 10.6. The molecule has 26 heavy (non-hydrogen) atoms. The van der Waals surface area contributed by atoms with Crippen molar-refractivity contribution in [1.29, 1.82) is 0 Å². The van der Waals surface area contributed by atoms with Crippen LogP contribution in [0.2, 0.25) is 0 Å². The fourth-order valence-electron chi connectivity index (χ4n) is 3.43. The summed E-state index contributed by atoms with van der Waals surface area (Å²) in [4.78, 5) is 12.7. The number of halogens is 1. The Bertz CT molecular complexity index is 699. The third kappa shape index (κ3) is 5.42. The molecular weight excluding hydrogens is 374 g/mol. The lowest BCUT2D eigenvalue weighted by atomic mass is 9.84. The molecule has 2 fully saturated rings. The SMILES string of the molecule is Cl.NCC(NC(=O)c1ccc(S(=O)(=O)NC2CC2)cc1)C1CCCCC1. The predicted molar refractivity (Wildman–Crippen MR) is 104 cm³/mol. The molecule has 0 saturated heterocycles. The predicted octanol–water partition coefficient (Wildman–Crippen LogP) is 2.19. The first kappa shape index (κ1) is 21.2. The van der Waals surface area contributed by atoms with Crippen LogP contribution in [0.3, 0.4) is 0 Å². The molecule has 1 atom stereocenters. The Morgan fingerprint density at radius 1 is 1.08 bits per heavy atom. The molecule has 8 heteroatoms. The molecule has 2 aliphatic rings. The minimum Gasteiger partial charge on any atom is -0.348 e. The van der Waals surface area contributed by atoms with Gasteiger partial charge in [-0.3, -0.25) is 4.79 Å². The number of sulfonamides is 1. The summed E-state index contributed by atoms with van der Waals surface area (Å²) in [7, 11) is -3.49. The minimum atomic E-state index is -3.49. The highest BCUT2D eigenvalue weighted by atomic mass is 35.5. The molecule has 0 heterocycles. The second-order valence-corrected chi connectivity index (χ2v) is 8.85. The number of nitrogens with one attached hydrogen (secondary N) is 2. The highest BCUT2D eigenvalue weighted by Gasteiger charge is 2.28. The highest BCUT2D eigenvalue weighted by Crippen LogP contribution is 2.26. The fraction of sp³-hybridized carbons (Fsp3) is 0.611. The van der Waals surface area contributed by atoms with Crippen LogP contribution in [0.25, 0.3) is 0 Å². The van der Waals surface area contributed by atoms with E-state index in [0.717, 1.165) is 25.7 Å². The van der Waals surface area contributed by atoms with Crippen molar-refractivity contribution in [2.75, 3.05) is 6.54 Å². The molecule has 0 bridgehead atoms. The number of carbonyl (C=O) groups excluding carboxylic acids is 1. The monoisotopic (exact) mass is 401 g/mol. The van der Waals surface area contributed by atoms with Crippen LogP contribution in [0.1, 0.15) is 55.3 Å². The van der Waals surface area contributed by atoms with Gasteiger partial charge in [0, 0.05) is 24.2 Å². The minimum absolute atomic E-state index is 0. The van der Waals surface area contributed by atoms with Gasteiger partial charge in [-0.05, 0) is 55.9 Å². The number of hydrogen-bond donors (Lipinski definition) is 3. The summed E-state index contributed by atoms with van der Waals surface area (Å²) in [5.74, 6) is 0.241. The molecule has 6 nitrogen and oxygen atoms in total. The van der Waals surface area contributed by atoms with Gasteiger partial charge >= 0.3 is 0 Å². The summed E-state index contributed by atoms with van der Waals surface area (Å²) in [5.41, 5.74) is 6.32. The van der Waals surface area contributed by atoms with Crippen LogP contribution in [-0.4, -0.2) is 33.0 Å². The smallest absolute Gasteiger partial charge is 0.251 e. The van der Waals surface area contributed by atoms with Crippen LogP contribution in [-0.2, 0) is 10.0 Å². The van der Waals surface area contributed by atoms with E-state index in [4.69, 9.17) is 5.73 Å². The van der Waals surface area contributed by atoms with Gasteiger partial charge in [0.05, 0.1) is 4.90 Å². The summed E-state index contributed by atoms with van der Waals surface area (Å²) >= 11 is 0. The van der Waals surface area contributed by atoms with Crippen molar-refractivity contribution in [2.24, 2.45) is 11.7 Å². The van der Waals surface area contributed by atoms with Crippen LogP contribution < -0.4 is 15.8 Å². The van der Waals surface area contributed by atoms with Crippen molar-refractivity contribution in [1.82, 2.24) is 10.0 Å². The van der Waals surface area contributed by atoms with Gasteiger partial charge in [0.2, 0.25) is 10.0 Å². The quantitative estimate of drug-likeness (QED) is 0.651. The van der Waals surface area contributed by atoms with Gasteiger partial charge in [-0.15, -0.1) is 12.4 Å². The van der Waals surface area contributed by atoms with Gasteiger partial charge in [0.25, 0.3) is 5.91 Å². The van der Waals surface area contributed by atoms with E-state index in [-0.39, 0.29) is 35.3 Å². The maximum Gasteiger partial charge on any atom is 0.251 e. The summed E-state index contributed by atoms with van der Waals surface area (Å²) in [6.07, 6.45) is 7.63. The molecule has 0 spiro atoms. The lowest BCUT2D eigenvalue weighted by Gasteiger charge is -2.30. The molecule has 1 aromatic carbocycles. The summed E-state index contributed by atoms with van der Waals surface area (Å²) in [5, 5.41) is 3.02. The van der Waals surface area contributed by atoms with E-state index < -0.39 is 10.0 Å². The molecule has 1 unspecified atom stereocenters. The Morgan fingerprint density at radius 3 is 2.23 bits per heavy atom. The Labute approximate surface area is 161 Å². The van der Waals surface area contributed by atoms with Crippen molar-refractivity contribution in [3.05, 3.63) is 29.8 Å². The molecule has 2 saturated carbocycles. The standard InChI is InChI=1S/C18H27N3O3S.ClH/c19-12-17(13-4-2-1-3-5-13)20-18(22)14-6-10-16(11-7-14)25(23,24)21-15-8-9-15;/h6-7,10-11,13,15,17,21H,1-5,8-9,12,19H2,(H,20,22);1H. The maximum absolute atomic E-state index is 12.5. The molecule has 1 aromatic rings. The molecule has 1 amide bonds. The van der Waals surface area contributed by atoms with Gasteiger partial charge < -0.3 is 11.1 Å². The largest absolute Gasteiger partial charge is 0.348 e. The van der Waals surface area contributed by atoms with Crippen LogP contribution in [0.4, 0.5) is 0 Å². The van der Waals surface area contributed by atoms with Crippen molar-refractivity contribution in [3.8, 4) is 0 Å². The van der Waals surface area contributed by atoms with Gasteiger partial charge in [0.15, 0.2) is 0 Å². The van der Waals surface area contributed by atoms with Crippen molar-refractivity contribution < 1.29 is 13.2 Å². The Balaban J connectivity index is 0.00000243. The van der Waals surface area contributed by atoms with Crippen LogP contribution in [0, 0.1) is 5.92 Å². The Morgan fingerprint density at radius 2 is 1.69 bits per heavy atom. The molecule has 4 N–H and O–H groups in total. The van der Waals surface area contributed by atoms with E-state index in [0.29, 0.717) is 18.0 Å². The normalized spacial score (nSPS) is 19.4. The first-order chi connectivity index (χ1) is 12.0. The van der Waals surface area contributed by atoms with E-state index in [9.17, 15) is 13.2 Å². The highest BCUT2D eigenvalue weighted by molar-refractivity contribution is 7.89. The van der Waals surface area contributed by atoms with Gasteiger partial charge in [-0.2, -0.15) is 0 Å². The second-order valence-electron chi connectivity index (χ2n) is 7.13. The zero-order valence-electron chi connectivity index (χ0n) is 14.8. The van der Waals surface area contributed by atoms with Crippen molar-refractivity contribution in [2.45, 2.75) is 61.9 Å². The van der Waals surface area contributed by atoms with Gasteiger partial charge in [-0.1, -0.05) is 19.3 Å². The summed E-state index contributed by atoms with van der Waals surface area (Å²) in [6, 6.07) is 6.13. The maximum atomic E-state index is 12.5. The summed E-state index contributed by atoms with van der Waals surface area (Å²) < 4.78 is 27.0. The van der Waals surface area contributed by atoms with Crippen LogP contribution >= 0.6 is 12.4 Å². The van der Waals surface area contributed by atoms with Crippen LogP contribution in [0.15, 0.2) is 29.2 Å². The molecule has 0 aliphatic heterocycles. The average Bonchev–Trinajstić information content (AvgIpc) is 3.43. The van der Waals surface area contributed by atoms with E-state index in [1.807, 2.05) is 0 Å². The number of amides is 1. The Kier molecular flexibility index (Phi) is 7.46. The van der Waals surface area contributed by atoms with Crippen LogP contribution in [0.5, 0.6) is 0 Å². The summed E-state index contributed by atoms with van der Waals surface area (Å²) in [6.45, 7) is 0.425. The van der Waals surface area contributed by atoms with Gasteiger partial charge in [-0.25, -0.2) is 13.1 Å².